The van der Waals surface area contributed by atoms with Crippen molar-refractivity contribution in [2.24, 2.45) is 0 Å². The Hall–Kier alpha value is -0.900. The van der Waals surface area contributed by atoms with Gasteiger partial charge in [0.15, 0.2) is 0 Å². The van der Waals surface area contributed by atoms with Gasteiger partial charge < -0.3 is 4.90 Å². The van der Waals surface area contributed by atoms with Gasteiger partial charge in [-0.1, -0.05) is 26.0 Å². The lowest BCUT2D eigenvalue weighted by Gasteiger charge is -2.14. The third-order valence-electron chi connectivity index (χ3n) is 1.78. The van der Waals surface area contributed by atoms with Gasteiger partial charge in [0.25, 0.3) is 0 Å². The average molecular weight is 211 g/mol. The molecule has 0 saturated carbocycles. The fraction of sp³-hybridized carbons (Fsp3) is 0.600. The topological polar surface area (TPSA) is 29.0 Å². The van der Waals surface area contributed by atoms with Crippen molar-refractivity contribution in [1.82, 2.24) is 9.36 Å². The van der Waals surface area contributed by atoms with Gasteiger partial charge in [0, 0.05) is 31.0 Å². The first-order valence-corrected chi connectivity index (χ1v) is 5.47. The molecule has 3 nitrogen and oxygen atoms in total. The molecular formula is C10H17N3S. The molecule has 0 aliphatic carbocycles. The minimum atomic E-state index is 0.401. The average Bonchev–Trinajstić information content (AvgIpc) is 2.50. The van der Waals surface area contributed by atoms with E-state index in [2.05, 4.69) is 34.7 Å². The first-order chi connectivity index (χ1) is 6.50. The maximum Gasteiger partial charge on any atom is 0.205 e. The van der Waals surface area contributed by atoms with E-state index in [9.17, 15) is 0 Å². The standard InChI is InChI=1S/C10H17N3S/c1-7(2)6-13(5)10-11-9(8(3)4)12-14-10/h8H,1,6H2,2-5H3. The van der Waals surface area contributed by atoms with Gasteiger partial charge in [-0.15, -0.1) is 0 Å². The van der Waals surface area contributed by atoms with E-state index in [0.717, 1.165) is 23.1 Å². The molecule has 78 valence electrons. The van der Waals surface area contributed by atoms with Crippen molar-refractivity contribution in [2.45, 2.75) is 26.7 Å². The van der Waals surface area contributed by atoms with Gasteiger partial charge in [-0.05, 0) is 6.92 Å². The zero-order valence-electron chi connectivity index (χ0n) is 9.24. The third-order valence-corrected chi connectivity index (χ3v) is 2.63. The summed E-state index contributed by atoms with van der Waals surface area (Å²) in [6, 6.07) is 0. The van der Waals surface area contributed by atoms with E-state index in [1.54, 1.807) is 0 Å². The highest BCUT2D eigenvalue weighted by Crippen LogP contribution is 2.20. The van der Waals surface area contributed by atoms with Crippen molar-refractivity contribution in [3.8, 4) is 0 Å². The Kier molecular flexibility index (Phi) is 3.63. The molecule has 0 aromatic carbocycles. The quantitative estimate of drug-likeness (QED) is 0.717. The molecule has 1 rings (SSSR count). The van der Waals surface area contributed by atoms with E-state index in [0.29, 0.717) is 5.92 Å². The van der Waals surface area contributed by atoms with Gasteiger partial charge in [-0.25, -0.2) is 4.98 Å². The molecule has 0 aliphatic rings. The Morgan fingerprint density at radius 3 is 2.64 bits per heavy atom. The second-order valence-corrected chi connectivity index (χ2v) is 4.63. The van der Waals surface area contributed by atoms with Crippen LogP contribution in [0.25, 0.3) is 0 Å². The number of hydrogen-bond donors (Lipinski definition) is 0. The molecule has 0 spiro atoms. The first-order valence-electron chi connectivity index (χ1n) is 4.70. The zero-order valence-corrected chi connectivity index (χ0v) is 10.1. The molecule has 0 aliphatic heterocycles. The number of nitrogens with zero attached hydrogens (tertiary/aromatic N) is 3. The van der Waals surface area contributed by atoms with Gasteiger partial charge in [0.05, 0.1) is 0 Å². The maximum atomic E-state index is 4.45. The lowest BCUT2D eigenvalue weighted by Crippen LogP contribution is -2.18. The van der Waals surface area contributed by atoms with Crippen LogP contribution in [0.3, 0.4) is 0 Å². The molecule has 0 bridgehead atoms. The minimum Gasteiger partial charge on any atom is -0.346 e. The summed E-state index contributed by atoms with van der Waals surface area (Å²) in [6.07, 6.45) is 0. The zero-order chi connectivity index (χ0) is 10.7. The van der Waals surface area contributed by atoms with E-state index < -0.39 is 0 Å². The van der Waals surface area contributed by atoms with Crippen LogP contribution in [0, 0.1) is 0 Å². The number of rotatable bonds is 4. The maximum absolute atomic E-state index is 4.45. The molecule has 0 atom stereocenters. The monoisotopic (exact) mass is 211 g/mol. The first kappa shape index (κ1) is 11.2. The predicted molar refractivity (Wildman–Crippen MR) is 62.1 cm³/mol. The van der Waals surface area contributed by atoms with Crippen molar-refractivity contribution in [3.63, 3.8) is 0 Å². The molecule has 0 radical (unpaired) electrons. The third kappa shape index (κ3) is 2.80. The molecule has 0 N–H and O–H groups in total. The molecule has 0 amide bonds. The van der Waals surface area contributed by atoms with Gasteiger partial charge >= 0.3 is 0 Å². The fourth-order valence-electron chi connectivity index (χ4n) is 1.09. The number of aromatic nitrogens is 2. The Bertz CT molecular complexity index is 317. The summed E-state index contributed by atoms with van der Waals surface area (Å²) in [4.78, 5) is 6.53. The Morgan fingerprint density at radius 2 is 2.21 bits per heavy atom. The summed E-state index contributed by atoms with van der Waals surface area (Å²) in [6.45, 7) is 10.9. The number of anilines is 1. The van der Waals surface area contributed by atoms with Crippen LogP contribution >= 0.6 is 11.5 Å². The molecule has 1 aromatic rings. The highest BCUT2D eigenvalue weighted by atomic mass is 32.1. The van der Waals surface area contributed by atoms with E-state index >= 15 is 0 Å². The molecule has 1 heterocycles. The van der Waals surface area contributed by atoms with Crippen LogP contribution in [0.2, 0.25) is 0 Å². The van der Waals surface area contributed by atoms with Crippen molar-refractivity contribution >= 4 is 16.7 Å². The number of hydrogen-bond acceptors (Lipinski definition) is 4. The highest BCUT2D eigenvalue weighted by molar-refractivity contribution is 7.09. The van der Waals surface area contributed by atoms with Crippen LogP contribution in [0.15, 0.2) is 12.2 Å². The lowest BCUT2D eigenvalue weighted by molar-refractivity contribution is 0.795. The van der Waals surface area contributed by atoms with Crippen molar-refractivity contribution < 1.29 is 0 Å². The SMILES string of the molecule is C=C(C)CN(C)c1nc(C(C)C)ns1. The molecule has 0 fully saturated rings. The van der Waals surface area contributed by atoms with Crippen molar-refractivity contribution in [1.29, 1.82) is 0 Å². The van der Waals surface area contributed by atoms with Crippen LogP contribution in [-0.2, 0) is 0 Å². The minimum absolute atomic E-state index is 0.401. The van der Waals surface area contributed by atoms with Gasteiger partial charge in [-0.2, -0.15) is 4.37 Å². The Labute approximate surface area is 89.6 Å². The highest BCUT2D eigenvalue weighted by Gasteiger charge is 2.10. The predicted octanol–water partition coefficient (Wildman–Crippen LogP) is 2.67. The van der Waals surface area contributed by atoms with Crippen LogP contribution < -0.4 is 4.90 Å². The summed E-state index contributed by atoms with van der Waals surface area (Å²) in [5, 5.41) is 0.969. The van der Waals surface area contributed by atoms with Crippen LogP contribution in [0.4, 0.5) is 5.13 Å². The van der Waals surface area contributed by atoms with Gasteiger partial charge in [-0.3, -0.25) is 0 Å². The lowest BCUT2D eigenvalue weighted by atomic mass is 10.2. The fourth-order valence-corrected chi connectivity index (χ4v) is 1.85. The second kappa shape index (κ2) is 4.55. The summed E-state index contributed by atoms with van der Waals surface area (Å²) >= 11 is 1.45. The molecule has 0 unspecified atom stereocenters. The molecule has 4 heteroatoms. The Balaban J connectivity index is 2.71. The normalized spacial score (nSPS) is 10.6. The van der Waals surface area contributed by atoms with E-state index in [-0.39, 0.29) is 0 Å². The van der Waals surface area contributed by atoms with Crippen molar-refractivity contribution in [2.75, 3.05) is 18.5 Å². The smallest absolute Gasteiger partial charge is 0.205 e. The molecular weight excluding hydrogens is 194 g/mol. The summed E-state index contributed by atoms with van der Waals surface area (Å²) in [5.74, 6) is 1.33. The van der Waals surface area contributed by atoms with Gasteiger partial charge in [0.2, 0.25) is 5.13 Å². The largest absolute Gasteiger partial charge is 0.346 e. The van der Waals surface area contributed by atoms with Crippen LogP contribution in [0.1, 0.15) is 32.5 Å². The Morgan fingerprint density at radius 1 is 1.57 bits per heavy atom. The van der Waals surface area contributed by atoms with E-state index in [4.69, 9.17) is 0 Å². The second-order valence-electron chi connectivity index (χ2n) is 3.90. The summed E-state index contributed by atoms with van der Waals surface area (Å²) in [5.41, 5.74) is 1.13. The van der Waals surface area contributed by atoms with Gasteiger partial charge in [0.1, 0.15) is 5.82 Å². The summed E-state index contributed by atoms with van der Waals surface area (Å²) < 4.78 is 4.30. The van der Waals surface area contributed by atoms with E-state index in [1.807, 2.05) is 14.0 Å². The molecule has 14 heavy (non-hydrogen) atoms. The molecule has 0 saturated heterocycles. The number of likely N-dealkylation sites (N-methyl/N-ethyl adjacent to an activating group) is 1. The van der Waals surface area contributed by atoms with Crippen molar-refractivity contribution in [3.05, 3.63) is 18.0 Å². The van der Waals surface area contributed by atoms with E-state index in [1.165, 1.54) is 11.5 Å². The van der Waals surface area contributed by atoms with Crippen LogP contribution in [0.5, 0.6) is 0 Å². The summed E-state index contributed by atoms with van der Waals surface area (Å²) in [7, 11) is 2.01. The molecule has 1 aromatic heterocycles. The van der Waals surface area contributed by atoms with Crippen LogP contribution in [-0.4, -0.2) is 22.9 Å².